The molecule has 0 aliphatic rings. The number of hydrogen-bond donors (Lipinski definition) is 1. The fourth-order valence-corrected chi connectivity index (χ4v) is 2.04. The molecule has 1 aromatic heterocycles. The molecule has 5 nitrogen and oxygen atoms in total. The van der Waals surface area contributed by atoms with Gasteiger partial charge in [0, 0.05) is 0 Å². The van der Waals surface area contributed by atoms with Gasteiger partial charge in [-0.2, -0.15) is 5.10 Å². The fraction of sp³-hybridized carbons (Fsp3) is 0.231. The van der Waals surface area contributed by atoms with Crippen molar-refractivity contribution >= 4 is 17.5 Å². The van der Waals surface area contributed by atoms with Gasteiger partial charge in [-0.1, -0.05) is 29.8 Å². The summed E-state index contributed by atoms with van der Waals surface area (Å²) in [7, 11) is 0. The average Bonchev–Trinajstić information content (AvgIpc) is 2.72. The Bertz CT molecular complexity index is 581. The van der Waals surface area contributed by atoms with Gasteiger partial charge in [-0.3, -0.25) is 9.63 Å². The van der Waals surface area contributed by atoms with Crippen LogP contribution in [0.4, 0.5) is 0 Å². The molecule has 0 bridgehead atoms. The summed E-state index contributed by atoms with van der Waals surface area (Å²) in [6.07, 6.45) is 0. The number of nitrogens with zero attached hydrogens (tertiary/aromatic N) is 2. The van der Waals surface area contributed by atoms with E-state index in [1.54, 1.807) is 13.8 Å². The van der Waals surface area contributed by atoms with Crippen LogP contribution in [-0.2, 0) is 4.84 Å². The maximum Gasteiger partial charge on any atom is 0.279 e. The molecule has 0 atom stereocenters. The number of aromatic nitrogens is 2. The molecule has 0 unspecified atom stereocenters. The van der Waals surface area contributed by atoms with E-state index in [1.165, 1.54) is 4.68 Å². The average molecular weight is 280 g/mol. The third kappa shape index (κ3) is 2.77. The summed E-state index contributed by atoms with van der Waals surface area (Å²) in [6, 6.07) is 9.38. The highest BCUT2D eigenvalue weighted by molar-refractivity contribution is 6.33. The number of nitrogens with one attached hydrogen (secondary N) is 1. The first-order valence-corrected chi connectivity index (χ1v) is 6.25. The van der Waals surface area contributed by atoms with Gasteiger partial charge in [0.15, 0.2) is 0 Å². The molecule has 19 heavy (non-hydrogen) atoms. The lowest BCUT2D eigenvalue weighted by Crippen LogP contribution is -2.24. The van der Waals surface area contributed by atoms with Gasteiger partial charge in [-0.05, 0) is 26.0 Å². The predicted molar refractivity (Wildman–Crippen MR) is 72.4 cm³/mol. The van der Waals surface area contributed by atoms with Gasteiger partial charge in [-0.15, -0.1) is 0 Å². The lowest BCUT2D eigenvalue weighted by atomic mass is 10.2. The van der Waals surface area contributed by atoms with E-state index >= 15 is 0 Å². The molecule has 1 aromatic carbocycles. The first-order chi connectivity index (χ1) is 9.15. The Morgan fingerprint density at radius 3 is 2.74 bits per heavy atom. The van der Waals surface area contributed by atoms with Gasteiger partial charge in [0.05, 0.1) is 18.0 Å². The molecule has 0 radical (unpaired) electrons. The minimum atomic E-state index is -0.397. The van der Waals surface area contributed by atoms with Gasteiger partial charge >= 0.3 is 0 Å². The zero-order valence-electron chi connectivity index (χ0n) is 10.7. The Hall–Kier alpha value is -1.85. The van der Waals surface area contributed by atoms with Crippen LogP contribution >= 0.6 is 11.6 Å². The maximum atomic E-state index is 11.9. The summed E-state index contributed by atoms with van der Waals surface area (Å²) in [4.78, 5) is 16.8. The zero-order valence-corrected chi connectivity index (χ0v) is 11.4. The molecule has 0 aliphatic heterocycles. The van der Waals surface area contributed by atoms with Crippen LogP contribution in [0.15, 0.2) is 30.3 Å². The minimum absolute atomic E-state index is 0.265. The van der Waals surface area contributed by atoms with Gasteiger partial charge in [0.1, 0.15) is 10.7 Å². The SMILES string of the molecule is CCONC(=O)c1c(C)nn(-c2ccccc2)c1Cl. The summed E-state index contributed by atoms with van der Waals surface area (Å²) in [5.74, 6) is -0.397. The normalized spacial score (nSPS) is 10.5. The van der Waals surface area contributed by atoms with E-state index in [-0.39, 0.29) is 5.15 Å². The number of hydroxylamine groups is 1. The van der Waals surface area contributed by atoms with E-state index in [2.05, 4.69) is 10.6 Å². The van der Waals surface area contributed by atoms with Crippen molar-refractivity contribution in [3.8, 4) is 5.69 Å². The highest BCUT2D eigenvalue weighted by Gasteiger charge is 2.20. The zero-order chi connectivity index (χ0) is 13.8. The second-order valence-corrected chi connectivity index (χ2v) is 4.22. The maximum absolute atomic E-state index is 11.9. The summed E-state index contributed by atoms with van der Waals surface area (Å²) in [5.41, 5.74) is 3.98. The van der Waals surface area contributed by atoms with Crippen molar-refractivity contribution in [2.45, 2.75) is 13.8 Å². The van der Waals surface area contributed by atoms with Crippen molar-refractivity contribution in [1.82, 2.24) is 15.3 Å². The molecule has 6 heteroatoms. The Labute approximate surface area is 116 Å². The van der Waals surface area contributed by atoms with Crippen LogP contribution in [0.1, 0.15) is 23.0 Å². The molecule has 1 N–H and O–H groups in total. The van der Waals surface area contributed by atoms with Crippen LogP contribution in [0.3, 0.4) is 0 Å². The number of amides is 1. The number of aryl methyl sites for hydroxylation is 1. The molecule has 0 fully saturated rings. The van der Waals surface area contributed by atoms with Crippen molar-refractivity contribution in [1.29, 1.82) is 0 Å². The molecule has 100 valence electrons. The van der Waals surface area contributed by atoms with Crippen LogP contribution in [-0.4, -0.2) is 22.3 Å². The summed E-state index contributed by atoms with van der Waals surface area (Å²) < 4.78 is 1.53. The Kier molecular flexibility index (Phi) is 4.19. The Morgan fingerprint density at radius 1 is 1.42 bits per heavy atom. The molecular formula is C13H14ClN3O2. The lowest BCUT2D eigenvalue weighted by molar-refractivity contribution is 0.0364. The smallest absolute Gasteiger partial charge is 0.274 e. The number of benzene rings is 1. The topological polar surface area (TPSA) is 56.1 Å². The standard InChI is InChI=1S/C13H14ClN3O2/c1-3-19-16-13(18)11-9(2)15-17(12(11)14)10-7-5-4-6-8-10/h4-8H,3H2,1-2H3,(H,16,18). The number of para-hydroxylation sites is 1. The Morgan fingerprint density at radius 2 is 2.11 bits per heavy atom. The fourth-order valence-electron chi connectivity index (χ4n) is 1.69. The molecule has 0 saturated carbocycles. The summed E-state index contributed by atoms with van der Waals surface area (Å²) in [5, 5.41) is 4.54. The van der Waals surface area contributed by atoms with Crippen LogP contribution in [0.5, 0.6) is 0 Å². The highest BCUT2D eigenvalue weighted by Crippen LogP contribution is 2.23. The van der Waals surface area contributed by atoms with E-state index in [0.29, 0.717) is 17.9 Å². The van der Waals surface area contributed by atoms with Gasteiger partial charge < -0.3 is 0 Å². The summed E-state index contributed by atoms with van der Waals surface area (Å²) in [6.45, 7) is 3.89. The largest absolute Gasteiger partial charge is 0.279 e. The van der Waals surface area contributed by atoms with Gasteiger partial charge in [0.2, 0.25) is 0 Å². The summed E-state index contributed by atoms with van der Waals surface area (Å²) >= 11 is 6.22. The molecule has 2 rings (SSSR count). The van der Waals surface area contributed by atoms with E-state index in [4.69, 9.17) is 16.4 Å². The number of halogens is 1. The Balaban J connectivity index is 2.38. The predicted octanol–water partition coefficient (Wildman–Crippen LogP) is 2.52. The van der Waals surface area contributed by atoms with Crippen molar-refractivity contribution in [2.24, 2.45) is 0 Å². The molecule has 0 spiro atoms. The third-order valence-corrected chi connectivity index (χ3v) is 2.89. The van der Waals surface area contributed by atoms with E-state index in [9.17, 15) is 4.79 Å². The third-order valence-electron chi connectivity index (χ3n) is 2.54. The van der Waals surface area contributed by atoms with Crippen molar-refractivity contribution in [2.75, 3.05) is 6.61 Å². The van der Waals surface area contributed by atoms with Gasteiger partial charge in [-0.25, -0.2) is 10.2 Å². The second-order valence-electron chi connectivity index (χ2n) is 3.86. The van der Waals surface area contributed by atoms with E-state index in [1.807, 2.05) is 30.3 Å². The molecular weight excluding hydrogens is 266 g/mol. The molecule has 1 heterocycles. The molecule has 1 amide bonds. The van der Waals surface area contributed by atoms with Crippen molar-refractivity contribution < 1.29 is 9.63 Å². The number of carbonyl (C=O) groups excluding carboxylic acids is 1. The molecule has 0 aliphatic carbocycles. The number of hydrogen-bond acceptors (Lipinski definition) is 3. The second kappa shape index (κ2) is 5.86. The van der Waals surface area contributed by atoms with Crippen LogP contribution in [0, 0.1) is 6.92 Å². The first kappa shape index (κ1) is 13.6. The van der Waals surface area contributed by atoms with Gasteiger partial charge in [0.25, 0.3) is 5.91 Å². The van der Waals surface area contributed by atoms with E-state index < -0.39 is 5.91 Å². The van der Waals surface area contributed by atoms with Crippen molar-refractivity contribution in [3.05, 3.63) is 46.7 Å². The number of rotatable bonds is 4. The number of carbonyl (C=O) groups is 1. The minimum Gasteiger partial charge on any atom is -0.274 e. The monoisotopic (exact) mass is 279 g/mol. The lowest BCUT2D eigenvalue weighted by Gasteiger charge is -2.04. The first-order valence-electron chi connectivity index (χ1n) is 5.87. The van der Waals surface area contributed by atoms with Crippen LogP contribution < -0.4 is 5.48 Å². The van der Waals surface area contributed by atoms with Crippen LogP contribution in [0.25, 0.3) is 5.69 Å². The van der Waals surface area contributed by atoms with Crippen LogP contribution in [0.2, 0.25) is 5.15 Å². The molecule has 0 saturated heterocycles. The van der Waals surface area contributed by atoms with E-state index in [0.717, 1.165) is 5.69 Å². The quantitative estimate of drug-likeness (QED) is 0.875. The van der Waals surface area contributed by atoms with Crippen molar-refractivity contribution in [3.63, 3.8) is 0 Å². The highest BCUT2D eigenvalue weighted by atomic mass is 35.5. The molecule has 2 aromatic rings.